The summed E-state index contributed by atoms with van der Waals surface area (Å²) in [6.07, 6.45) is 7.76. The molecule has 5 rings (SSSR count). The number of aromatic nitrogens is 1. The fourth-order valence-corrected chi connectivity index (χ4v) is 6.40. The highest BCUT2D eigenvalue weighted by atomic mass is 16.5. The van der Waals surface area contributed by atoms with E-state index in [1.165, 1.54) is 44.2 Å². The van der Waals surface area contributed by atoms with Crippen molar-refractivity contribution in [3.8, 4) is 5.75 Å². The summed E-state index contributed by atoms with van der Waals surface area (Å²) in [5, 5.41) is 1.00. The van der Waals surface area contributed by atoms with Crippen LogP contribution in [0.2, 0.25) is 0 Å². The van der Waals surface area contributed by atoms with Gasteiger partial charge in [-0.25, -0.2) is 0 Å². The fraction of sp³-hybridized carbons (Fsp3) is 0.484. The maximum Gasteiger partial charge on any atom is 0.248 e. The second-order valence-electron chi connectivity index (χ2n) is 10.9. The van der Waals surface area contributed by atoms with E-state index in [4.69, 9.17) is 10.5 Å². The third-order valence-corrected chi connectivity index (χ3v) is 8.54. The number of benzene rings is 2. The van der Waals surface area contributed by atoms with Gasteiger partial charge in [0.15, 0.2) is 0 Å². The Morgan fingerprint density at radius 3 is 2.44 bits per heavy atom. The maximum absolute atomic E-state index is 14.4. The summed E-state index contributed by atoms with van der Waals surface area (Å²) in [4.78, 5) is 36.8. The molecule has 2 aliphatic heterocycles. The van der Waals surface area contributed by atoms with Crippen LogP contribution in [0, 0.1) is 0 Å². The number of amides is 2. The van der Waals surface area contributed by atoms with Crippen LogP contribution in [0.4, 0.5) is 0 Å². The third-order valence-electron chi connectivity index (χ3n) is 8.54. The largest absolute Gasteiger partial charge is 0.496 e. The molecule has 3 N–H and O–H groups in total. The number of piperidine rings is 2. The molecular formula is C31H41N5O3. The topological polar surface area (TPSA) is 94.9 Å². The third kappa shape index (κ3) is 5.88. The zero-order valence-electron chi connectivity index (χ0n) is 23.1. The van der Waals surface area contributed by atoms with Gasteiger partial charge in [0.2, 0.25) is 11.8 Å². The van der Waals surface area contributed by atoms with Gasteiger partial charge in [-0.2, -0.15) is 0 Å². The van der Waals surface area contributed by atoms with E-state index in [0.717, 1.165) is 48.0 Å². The van der Waals surface area contributed by atoms with E-state index < -0.39 is 12.1 Å². The number of rotatable bonds is 8. The molecule has 208 valence electrons. The molecular weight excluding hydrogens is 490 g/mol. The minimum absolute atomic E-state index is 0.138. The lowest BCUT2D eigenvalue weighted by molar-refractivity contribution is -0.149. The number of carbonyl (C=O) groups excluding carboxylic acids is 2. The number of hydrogen-bond acceptors (Lipinski definition) is 6. The van der Waals surface area contributed by atoms with E-state index in [1.54, 1.807) is 7.11 Å². The summed E-state index contributed by atoms with van der Waals surface area (Å²) in [5.41, 5.74) is 9.65. The predicted molar refractivity (Wildman–Crippen MR) is 153 cm³/mol. The van der Waals surface area contributed by atoms with Crippen LogP contribution < -0.4 is 10.5 Å². The first kappa shape index (κ1) is 27.4. The first-order valence-corrected chi connectivity index (χ1v) is 14.2. The zero-order chi connectivity index (χ0) is 27.4. The molecule has 8 heteroatoms. The molecule has 39 heavy (non-hydrogen) atoms. The molecule has 2 aliphatic rings. The minimum atomic E-state index is -0.662. The number of carbonyl (C=O) groups is 2. The predicted octanol–water partition coefficient (Wildman–Crippen LogP) is 4.07. The number of methoxy groups -OCH3 is 1. The number of aromatic amines is 1. The average Bonchev–Trinajstić information content (AvgIpc) is 3.41. The van der Waals surface area contributed by atoms with Gasteiger partial charge in [-0.15, -0.1) is 0 Å². The summed E-state index contributed by atoms with van der Waals surface area (Å²) in [6.45, 7) is 5.46. The van der Waals surface area contributed by atoms with Gasteiger partial charge >= 0.3 is 0 Å². The van der Waals surface area contributed by atoms with E-state index in [2.05, 4.69) is 14.8 Å². The van der Waals surface area contributed by atoms with Crippen molar-refractivity contribution < 1.29 is 14.3 Å². The number of para-hydroxylation sites is 2. The number of fused-ring (bicyclic) bond motifs is 1. The van der Waals surface area contributed by atoms with Crippen LogP contribution in [-0.2, 0) is 16.1 Å². The van der Waals surface area contributed by atoms with Gasteiger partial charge in [0, 0.05) is 48.7 Å². The average molecular weight is 532 g/mol. The van der Waals surface area contributed by atoms with Gasteiger partial charge in [-0.1, -0.05) is 42.8 Å². The van der Waals surface area contributed by atoms with Crippen molar-refractivity contribution in [2.45, 2.75) is 63.7 Å². The van der Waals surface area contributed by atoms with Crippen LogP contribution in [0.15, 0.2) is 54.7 Å². The molecule has 2 unspecified atom stereocenters. The van der Waals surface area contributed by atoms with Crippen LogP contribution in [0.1, 0.15) is 56.2 Å². The molecule has 0 bridgehead atoms. The van der Waals surface area contributed by atoms with Crippen molar-refractivity contribution >= 4 is 22.7 Å². The summed E-state index contributed by atoms with van der Waals surface area (Å²) in [7, 11) is 1.60. The van der Waals surface area contributed by atoms with Crippen LogP contribution in [-0.4, -0.2) is 76.9 Å². The van der Waals surface area contributed by atoms with Crippen LogP contribution in [0.5, 0.6) is 5.75 Å². The van der Waals surface area contributed by atoms with Crippen LogP contribution >= 0.6 is 0 Å². The van der Waals surface area contributed by atoms with Crippen molar-refractivity contribution in [2.75, 3.05) is 33.3 Å². The van der Waals surface area contributed by atoms with Crippen molar-refractivity contribution in [1.29, 1.82) is 0 Å². The number of nitrogens with zero attached hydrogens (tertiary/aromatic N) is 3. The molecule has 0 radical (unpaired) electrons. The van der Waals surface area contributed by atoms with Gasteiger partial charge in [0.05, 0.1) is 19.7 Å². The number of likely N-dealkylation sites (tertiary alicyclic amines) is 2. The summed E-state index contributed by atoms with van der Waals surface area (Å²) in [6, 6.07) is 14.8. The Morgan fingerprint density at radius 1 is 1.03 bits per heavy atom. The van der Waals surface area contributed by atoms with Gasteiger partial charge in [-0.3, -0.25) is 19.4 Å². The molecule has 0 aliphatic carbocycles. The Kier molecular flexibility index (Phi) is 8.65. The fourth-order valence-electron chi connectivity index (χ4n) is 6.40. The molecule has 2 amide bonds. The molecule has 1 aromatic heterocycles. The minimum Gasteiger partial charge on any atom is -0.496 e. The highest BCUT2D eigenvalue weighted by Gasteiger charge is 2.40. The summed E-state index contributed by atoms with van der Waals surface area (Å²) < 4.78 is 5.51. The molecule has 2 atom stereocenters. The SMILES string of the molecule is COc1ccccc1CN(C(C)=O)C(=O)C(C(N)c1c[nH]c2ccccc12)N1CCC(N2CCCCC2)CC1. The Labute approximate surface area is 231 Å². The number of nitrogens with two attached hydrogens (primary N) is 1. The van der Waals surface area contributed by atoms with E-state index in [0.29, 0.717) is 11.8 Å². The standard InChI is InChI=1S/C31H41N5O3/c1-22(37)36(21-23-10-4-7-13-28(23)39-2)31(38)30(29(32)26-20-33-27-12-6-5-11-25(26)27)35-18-14-24(15-19-35)34-16-8-3-9-17-34/h4-7,10-13,20,24,29-30,33H,3,8-9,14-19,21,32H2,1-2H3. The monoisotopic (exact) mass is 531 g/mol. The zero-order valence-corrected chi connectivity index (χ0v) is 23.1. The maximum atomic E-state index is 14.4. The number of H-pyrrole nitrogens is 1. The summed E-state index contributed by atoms with van der Waals surface area (Å²) >= 11 is 0. The molecule has 2 aromatic carbocycles. The molecule has 8 nitrogen and oxygen atoms in total. The quantitative estimate of drug-likeness (QED) is 0.455. The molecule has 3 heterocycles. The normalized spacial score (nSPS) is 19.1. The molecule has 0 saturated carbocycles. The van der Waals surface area contributed by atoms with Crippen LogP contribution in [0.25, 0.3) is 10.9 Å². The molecule has 3 aromatic rings. The smallest absolute Gasteiger partial charge is 0.248 e. The van der Waals surface area contributed by atoms with Gasteiger partial charge in [-0.05, 0) is 56.5 Å². The van der Waals surface area contributed by atoms with Crippen molar-refractivity contribution in [2.24, 2.45) is 5.73 Å². The molecule has 2 saturated heterocycles. The lowest BCUT2D eigenvalue weighted by Gasteiger charge is -2.44. The first-order valence-electron chi connectivity index (χ1n) is 14.2. The molecule has 0 spiro atoms. The van der Waals surface area contributed by atoms with Crippen LogP contribution in [0.3, 0.4) is 0 Å². The Hall–Kier alpha value is -3.20. The van der Waals surface area contributed by atoms with E-state index in [-0.39, 0.29) is 18.4 Å². The number of hydrogen-bond donors (Lipinski definition) is 2. The Morgan fingerprint density at radius 2 is 1.72 bits per heavy atom. The second-order valence-corrected chi connectivity index (χ2v) is 10.9. The van der Waals surface area contributed by atoms with Crippen molar-refractivity contribution in [3.05, 3.63) is 65.9 Å². The second kappa shape index (κ2) is 12.3. The highest BCUT2D eigenvalue weighted by molar-refractivity contribution is 5.98. The highest BCUT2D eigenvalue weighted by Crippen LogP contribution is 2.31. The van der Waals surface area contributed by atoms with Gasteiger partial charge in [0.1, 0.15) is 11.8 Å². The Balaban J connectivity index is 1.44. The van der Waals surface area contributed by atoms with E-state index >= 15 is 0 Å². The van der Waals surface area contributed by atoms with Gasteiger partial charge in [0.25, 0.3) is 0 Å². The number of ether oxygens (including phenoxy) is 1. The molecule has 2 fully saturated rings. The first-order chi connectivity index (χ1) is 19.0. The van der Waals surface area contributed by atoms with Crippen molar-refractivity contribution in [1.82, 2.24) is 19.7 Å². The number of imide groups is 1. The van der Waals surface area contributed by atoms with E-state index in [1.807, 2.05) is 54.7 Å². The van der Waals surface area contributed by atoms with E-state index in [9.17, 15) is 9.59 Å². The summed E-state index contributed by atoms with van der Waals surface area (Å²) in [5.74, 6) is 0.0872. The van der Waals surface area contributed by atoms with Crippen molar-refractivity contribution in [3.63, 3.8) is 0 Å². The van der Waals surface area contributed by atoms with Gasteiger partial charge < -0.3 is 20.4 Å². The lowest BCUT2D eigenvalue weighted by atomic mass is 9.93. The number of nitrogens with one attached hydrogen (secondary N) is 1. The Bertz CT molecular complexity index is 1280. The lowest BCUT2D eigenvalue weighted by Crippen LogP contribution is -2.58.